The normalized spacial score (nSPS) is 10.4. The van der Waals surface area contributed by atoms with Gasteiger partial charge in [-0.3, -0.25) is 0 Å². The Morgan fingerprint density at radius 1 is 0.941 bits per heavy atom. The van der Waals surface area contributed by atoms with Crippen LogP contribution in [0.15, 0.2) is 12.2 Å². The number of carbonyl (C=O) groups is 1. The third-order valence-corrected chi connectivity index (χ3v) is 2.73. The van der Waals surface area contributed by atoms with E-state index in [1.165, 1.54) is 57.4 Å². The number of allylic oxidation sites excluding steroid dienone is 1. The second-order valence-electron chi connectivity index (χ2n) is 4.36. The van der Waals surface area contributed by atoms with Crippen molar-refractivity contribution < 1.29 is 9.90 Å². The maximum absolute atomic E-state index is 10.2. The van der Waals surface area contributed by atoms with E-state index in [4.69, 9.17) is 5.11 Å². The van der Waals surface area contributed by atoms with Crippen molar-refractivity contribution in [2.24, 2.45) is 0 Å². The van der Waals surface area contributed by atoms with Crippen molar-refractivity contribution in [3.8, 4) is 0 Å². The molecule has 100 valence electrons. The summed E-state index contributed by atoms with van der Waals surface area (Å²) >= 11 is 0. The Labute approximate surface area is 119 Å². The van der Waals surface area contributed by atoms with Crippen LogP contribution in [-0.4, -0.2) is 30.9 Å². The third kappa shape index (κ3) is 18.4. The molecular weight excluding hydrogens is 270 g/mol. The van der Waals surface area contributed by atoms with Crippen molar-refractivity contribution in [2.75, 3.05) is 0 Å². The molecule has 0 bridgehead atoms. The summed E-state index contributed by atoms with van der Waals surface area (Å²) in [5, 5.41) is 8.37. The number of hydrogen-bond donors (Lipinski definition) is 1. The molecule has 0 atom stereocenters. The van der Waals surface area contributed by atoms with Crippen molar-refractivity contribution in [3.05, 3.63) is 12.2 Å². The Hall–Kier alpha value is -0.154. The quantitative estimate of drug-likeness (QED) is 0.361. The molecule has 0 heterocycles. The SMILES string of the molecule is CCCCCCCCCCCC=CC(=O)O.[GaH3]. The van der Waals surface area contributed by atoms with Crippen LogP contribution in [0.25, 0.3) is 0 Å². The van der Waals surface area contributed by atoms with Gasteiger partial charge in [0.25, 0.3) is 0 Å². The Bertz CT molecular complexity index is 191. The average Bonchev–Trinajstić information content (AvgIpc) is 2.25. The van der Waals surface area contributed by atoms with Gasteiger partial charge in [0, 0.05) is 6.08 Å². The molecule has 0 unspecified atom stereocenters. The van der Waals surface area contributed by atoms with Gasteiger partial charge in [0.15, 0.2) is 0 Å². The fourth-order valence-electron chi connectivity index (χ4n) is 1.76. The summed E-state index contributed by atoms with van der Waals surface area (Å²) in [4.78, 5) is 10.2. The van der Waals surface area contributed by atoms with Gasteiger partial charge in [-0.1, -0.05) is 64.4 Å². The molecule has 0 saturated heterocycles. The first kappa shape index (κ1) is 19.2. The number of rotatable bonds is 11. The summed E-state index contributed by atoms with van der Waals surface area (Å²) in [7, 11) is 0. The number of unbranched alkanes of at least 4 members (excludes halogenated alkanes) is 9. The zero-order valence-corrected chi connectivity index (χ0v) is 10.6. The van der Waals surface area contributed by atoms with Crippen molar-refractivity contribution in [1.82, 2.24) is 0 Å². The summed E-state index contributed by atoms with van der Waals surface area (Å²) in [6.07, 6.45) is 15.7. The molecule has 0 saturated carbocycles. The van der Waals surface area contributed by atoms with Gasteiger partial charge in [-0.15, -0.1) is 0 Å². The summed E-state index contributed by atoms with van der Waals surface area (Å²) in [5.41, 5.74) is 0. The van der Waals surface area contributed by atoms with Crippen LogP contribution in [0.1, 0.15) is 71.1 Å². The van der Waals surface area contributed by atoms with E-state index < -0.39 is 5.97 Å². The molecule has 17 heavy (non-hydrogen) atoms. The number of hydrogen-bond acceptors (Lipinski definition) is 1. The molecule has 1 N–H and O–H groups in total. The van der Waals surface area contributed by atoms with Crippen molar-refractivity contribution in [1.29, 1.82) is 0 Å². The van der Waals surface area contributed by atoms with Gasteiger partial charge in [0.05, 0.1) is 0 Å². The van der Waals surface area contributed by atoms with Crippen LogP contribution in [0.2, 0.25) is 0 Å². The van der Waals surface area contributed by atoms with Crippen LogP contribution < -0.4 is 0 Å². The van der Waals surface area contributed by atoms with Crippen LogP contribution >= 0.6 is 0 Å². The molecule has 3 heteroatoms. The maximum atomic E-state index is 10.2. The predicted octanol–water partition coefficient (Wildman–Crippen LogP) is 3.36. The zero-order chi connectivity index (χ0) is 12.1. The molecule has 0 aliphatic heterocycles. The predicted molar refractivity (Wildman–Crippen MR) is 78.6 cm³/mol. The van der Waals surface area contributed by atoms with E-state index in [1.807, 2.05) is 0 Å². The summed E-state index contributed by atoms with van der Waals surface area (Å²) in [6, 6.07) is 0. The molecule has 0 fully saturated rings. The van der Waals surface area contributed by atoms with E-state index >= 15 is 0 Å². The fourth-order valence-corrected chi connectivity index (χ4v) is 1.76. The van der Waals surface area contributed by atoms with Gasteiger partial charge >= 0.3 is 25.8 Å². The first-order valence-electron chi connectivity index (χ1n) is 6.67. The number of carboxylic acid groups (broad SMARTS) is 1. The first-order valence-corrected chi connectivity index (χ1v) is 6.67. The van der Waals surface area contributed by atoms with E-state index in [0.29, 0.717) is 0 Å². The molecule has 0 spiro atoms. The van der Waals surface area contributed by atoms with E-state index in [0.717, 1.165) is 12.8 Å². The second-order valence-corrected chi connectivity index (χ2v) is 4.36. The topological polar surface area (TPSA) is 37.3 Å². The Balaban J connectivity index is 0. The summed E-state index contributed by atoms with van der Waals surface area (Å²) in [5.74, 6) is -0.837. The van der Waals surface area contributed by atoms with Crippen LogP contribution in [-0.2, 0) is 4.79 Å². The molecule has 0 aromatic carbocycles. The van der Waals surface area contributed by atoms with Gasteiger partial charge in [-0.05, 0) is 12.8 Å². The van der Waals surface area contributed by atoms with Gasteiger partial charge in [-0.2, -0.15) is 0 Å². The average molecular weight is 299 g/mol. The second kappa shape index (κ2) is 15.8. The molecule has 0 aromatic rings. The number of carboxylic acids is 1. The first-order chi connectivity index (χ1) is 7.77. The summed E-state index contributed by atoms with van der Waals surface area (Å²) < 4.78 is 0. The molecule has 0 radical (unpaired) electrons. The Morgan fingerprint density at radius 2 is 1.41 bits per heavy atom. The van der Waals surface area contributed by atoms with Crippen LogP contribution in [0.3, 0.4) is 0 Å². The monoisotopic (exact) mass is 298 g/mol. The summed E-state index contributed by atoms with van der Waals surface area (Å²) in [6.45, 7) is 2.24. The fraction of sp³-hybridized carbons (Fsp3) is 0.786. The standard InChI is InChI=1S/C14H26O2.Ga.3H/c1-2-3-4-5-6-7-8-9-10-11-12-13-14(15)16;;;;/h12-13H,2-11H2,1H3,(H,15,16);;;;. The molecular formula is C14H29GaO2. The minimum absolute atomic E-state index is 0. The van der Waals surface area contributed by atoms with Crippen molar-refractivity contribution in [2.45, 2.75) is 71.1 Å². The number of aliphatic carboxylic acids is 1. The molecule has 2 nitrogen and oxygen atoms in total. The minimum atomic E-state index is -0.837. The van der Waals surface area contributed by atoms with Crippen LogP contribution in [0.5, 0.6) is 0 Å². The zero-order valence-electron chi connectivity index (χ0n) is 10.6. The van der Waals surface area contributed by atoms with Gasteiger partial charge in [0.2, 0.25) is 0 Å². The third-order valence-electron chi connectivity index (χ3n) is 2.73. The van der Waals surface area contributed by atoms with Crippen molar-refractivity contribution >= 4 is 25.8 Å². The molecule has 0 aliphatic carbocycles. The molecule has 0 rings (SSSR count). The van der Waals surface area contributed by atoms with E-state index in [2.05, 4.69) is 6.92 Å². The molecule has 0 amide bonds. The Kier molecular flexibility index (Phi) is 17.9. The van der Waals surface area contributed by atoms with E-state index in [1.54, 1.807) is 6.08 Å². The molecule has 0 aromatic heterocycles. The van der Waals surface area contributed by atoms with Crippen molar-refractivity contribution in [3.63, 3.8) is 0 Å². The molecule has 0 aliphatic rings. The van der Waals surface area contributed by atoms with Crippen LogP contribution in [0.4, 0.5) is 0 Å². The van der Waals surface area contributed by atoms with Gasteiger partial charge in [0.1, 0.15) is 0 Å². The Morgan fingerprint density at radius 3 is 1.88 bits per heavy atom. The van der Waals surface area contributed by atoms with Crippen LogP contribution in [0, 0.1) is 0 Å². The van der Waals surface area contributed by atoms with E-state index in [-0.39, 0.29) is 19.8 Å². The van der Waals surface area contributed by atoms with Gasteiger partial charge in [-0.25, -0.2) is 4.79 Å². The van der Waals surface area contributed by atoms with E-state index in [9.17, 15) is 4.79 Å². The van der Waals surface area contributed by atoms with Gasteiger partial charge < -0.3 is 5.11 Å².